The molecule has 2 aromatic carbocycles. The van der Waals surface area contributed by atoms with Gasteiger partial charge in [-0.3, -0.25) is 4.79 Å². The number of carbonyl (C=O) groups is 1. The highest BCUT2D eigenvalue weighted by molar-refractivity contribution is 6.05. The van der Waals surface area contributed by atoms with Crippen LogP contribution < -0.4 is 5.32 Å². The molecule has 0 saturated heterocycles. The van der Waals surface area contributed by atoms with E-state index >= 15 is 0 Å². The molecule has 0 aliphatic rings. The molecule has 0 aliphatic heterocycles. The van der Waals surface area contributed by atoms with E-state index in [4.69, 9.17) is 0 Å². The summed E-state index contributed by atoms with van der Waals surface area (Å²) in [5.74, 6) is -0.0468. The Labute approximate surface area is 114 Å². The second-order valence-electron chi connectivity index (χ2n) is 4.83. The van der Waals surface area contributed by atoms with Crippen LogP contribution in [0, 0.1) is 13.8 Å². The summed E-state index contributed by atoms with van der Waals surface area (Å²) in [6, 6.07) is 13.9. The lowest BCUT2D eigenvalue weighted by molar-refractivity contribution is 0.102. The average Bonchev–Trinajstić information content (AvgIpc) is 2.41. The molecule has 0 aliphatic carbocycles. The van der Waals surface area contributed by atoms with Gasteiger partial charge in [-0.15, -0.1) is 0 Å². The zero-order chi connectivity index (χ0) is 13.8. The summed E-state index contributed by atoms with van der Waals surface area (Å²) in [5.41, 5.74) is 4.90. The van der Waals surface area contributed by atoms with E-state index in [1.165, 1.54) is 5.56 Å². The van der Waals surface area contributed by atoms with Crippen LogP contribution in [0.15, 0.2) is 42.5 Å². The highest BCUT2D eigenvalue weighted by Gasteiger charge is 2.09. The Bertz CT molecular complexity index is 602. The molecule has 0 unspecified atom stereocenters. The molecule has 0 saturated carbocycles. The van der Waals surface area contributed by atoms with Crippen LogP contribution in [-0.2, 0) is 6.42 Å². The Hall–Kier alpha value is -2.09. The van der Waals surface area contributed by atoms with Gasteiger partial charge in [-0.05, 0) is 49.6 Å². The smallest absolute Gasteiger partial charge is 0.255 e. The fourth-order valence-corrected chi connectivity index (χ4v) is 2.05. The lowest BCUT2D eigenvalue weighted by Gasteiger charge is -2.09. The quantitative estimate of drug-likeness (QED) is 0.876. The van der Waals surface area contributed by atoms with E-state index in [0.717, 1.165) is 28.8 Å². The number of hydrogen-bond donors (Lipinski definition) is 1. The number of rotatable bonds is 3. The second kappa shape index (κ2) is 5.70. The molecule has 2 nitrogen and oxygen atoms in total. The molecule has 0 spiro atoms. The van der Waals surface area contributed by atoms with Gasteiger partial charge in [0.25, 0.3) is 5.91 Å². The molecule has 0 atom stereocenters. The molecule has 1 amide bonds. The normalized spacial score (nSPS) is 10.3. The molecule has 0 aromatic heterocycles. The summed E-state index contributed by atoms with van der Waals surface area (Å²) in [6.07, 6.45) is 0.965. The maximum Gasteiger partial charge on any atom is 0.255 e. The van der Waals surface area contributed by atoms with Crippen LogP contribution >= 0.6 is 0 Å². The zero-order valence-electron chi connectivity index (χ0n) is 11.7. The predicted molar refractivity (Wildman–Crippen MR) is 79.7 cm³/mol. The van der Waals surface area contributed by atoms with Crippen molar-refractivity contribution in [1.82, 2.24) is 0 Å². The van der Waals surface area contributed by atoms with Crippen molar-refractivity contribution in [1.29, 1.82) is 0 Å². The number of nitrogens with one attached hydrogen (secondary N) is 1. The molecular formula is C17H19NO. The number of anilines is 1. The Morgan fingerprint density at radius 1 is 1.11 bits per heavy atom. The molecule has 0 fully saturated rings. The van der Waals surface area contributed by atoms with Gasteiger partial charge in [-0.2, -0.15) is 0 Å². The monoisotopic (exact) mass is 253 g/mol. The van der Waals surface area contributed by atoms with E-state index in [9.17, 15) is 4.79 Å². The van der Waals surface area contributed by atoms with Crippen LogP contribution in [0.3, 0.4) is 0 Å². The molecular weight excluding hydrogens is 234 g/mol. The molecule has 2 rings (SSSR count). The van der Waals surface area contributed by atoms with Gasteiger partial charge in [-0.25, -0.2) is 0 Å². The lowest BCUT2D eigenvalue weighted by atomic mass is 10.0. The first-order valence-electron chi connectivity index (χ1n) is 6.57. The number of amides is 1. The van der Waals surface area contributed by atoms with Crippen molar-refractivity contribution in [3.8, 4) is 0 Å². The van der Waals surface area contributed by atoms with Crippen molar-refractivity contribution < 1.29 is 4.79 Å². The van der Waals surface area contributed by atoms with Crippen molar-refractivity contribution in [3.63, 3.8) is 0 Å². The van der Waals surface area contributed by atoms with E-state index in [1.54, 1.807) is 0 Å². The fraction of sp³-hybridized carbons (Fsp3) is 0.235. The van der Waals surface area contributed by atoms with Gasteiger partial charge < -0.3 is 5.32 Å². The summed E-state index contributed by atoms with van der Waals surface area (Å²) < 4.78 is 0. The van der Waals surface area contributed by atoms with Crippen LogP contribution in [0.4, 0.5) is 5.69 Å². The Morgan fingerprint density at radius 3 is 2.63 bits per heavy atom. The van der Waals surface area contributed by atoms with Gasteiger partial charge in [0.05, 0.1) is 0 Å². The summed E-state index contributed by atoms with van der Waals surface area (Å²) in [6.45, 7) is 6.05. The molecule has 0 heterocycles. The first kappa shape index (κ1) is 13.3. The van der Waals surface area contributed by atoms with Crippen molar-refractivity contribution in [2.24, 2.45) is 0 Å². The van der Waals surface area contributed by atoms with Crippen LogP contribution in [0.25, 0.3) is 0 Å². The molecule has 0 bridgehead atoms. The topological polar surface area (TPSA) is 29.1 Å². The second-order valence-corrected chi connectivity index (χ2v) is 4.83. The highest BCUT2D eigenvalue weighted by Crippen LogP contribution is 2.15. The van der Waals surface area contributed by atoms with Crippen molar-refractivity contribution >= 4 is 11.6 Å². The van der Waals surface area contributed by atoms with E-state index < -0.39 is 0 Å². The summed E-state index contributed by atoms with van der Waals surface area (Å²) in [7, 11) is 0. The minimum absolute atomic E-state index is 0.0468. The van der Waals surface area contributed by atoms with Crippen molar-refractivity contribution in [3.05, 3.63) is 64.7 Å². The van der Waals surface area contributed by atoms with Crippen LogP contribution in [0.2, 0.25) is 0 Å². The van der Waals surface area contributed by atoms with Crippen LogP contribution in [0.1, 0.15) is 34.0 Å². The molecule has 2 aromatic rings. The number of aryl methyl sites for hydroxylation is 3. The average molecular weight is 253 g/mol. The fourth-order valence-electron chi connectivity index (χ4n) is 2.05. The maximum atomic E-state index is 12.3. The van der Waals surface area contributed by atoms with Crippen molar-refractivity contribution in [2.45, 2.75) is 27.2 Å². The summed E-state index contributed by atoms with van der Waals surface area (Å²) >= 11 is 0. The maximum absolute atomic E-state index is 12.3. The Balaban J connectivity index is 2.23. The third kappa shape index (κ3) is 3.22. The van der Waals surface area contributed by atoms with E-state index in [2.05, 4.69) is 18.3 Å². The minimum atomic E-state index is -0.0468. The third-order valence-corrected chi connectivity index (χ3v) is 3.23. The van der Waals surface area contributed by atoms with Gasteiger partial charge in [0.1, 0.15) is 0 Å². The molecule has 0 radical (unpaired) electrons. The van der Waals surface area contributed by atoms with E-state index in [1.807, 2.05) is 50.2 Å². The van der Waals surface area contributed by atoms with Crippen LogP contribution in [-0.4, -0.2) is 5.91 Å². The standard InChI is InChI=1S/C17H19NO/c1-4-14-6-5-7-15(11-14)18-17(19)16-10-12(2)8-9-13(16)3/h5-11H,4H2,1-3H3,(H,18,19). The number of carbonyl (C=O) groups excluding carboxylic acids is 1. The van der Waals surface area contributed by atoms with Crippen LogP contribution in [0.5, 0.6) is 0 Å². The number of hydrogen-bond acceptors (Lipinski definition) is 1. The predicted octanol–water partition coefficient (Wildman–Crippen LogP) is 4.12. The Kier molecular flexibility index (Phi) is 4.00. The Morgan fingerprint density at radius 2 is 1.89 bits per heavy atom. The largest absolute Gasteiger partial charge is 0.322 e. The molecule has 98 valence electrons. The number of benzene rings is 2. The molecule has 1 N–H and O–H groups in total. The van der Waals surface area contributed by atoms with Gasteiger partial charge in [0.15, 0.2) is 0 Å². The van der Waals surface area contributed by atoms with Gasteiger partial charge in [-0.1, -0.05) is 36.8 Å². The highest BCUT2D eigenvalue weighted by atomic mass is 16.1. The first-order chi connectivity index (χ1) is 9.10. The molecule has 19 heavy (non-hydrogen) atoms. The lowest BCUT2D eigenvalue weighted by Crippen LogP contribution is -2.13. The van der Waals surface area contributed by atoms with E-state index in [-0.39, 0.29) is 5.91 Å². The summed E-state index contributed by atoms with van der Waals surface area (Å²) in [4.78, 5) is 12.3. The van der Waals surface area contributed by atoms with E-state index in [0.29, 0.717) is 0 Å². The third-order valence-electron chi connectivity index (χ3n) is 3.23. The summed E-state index contributed by atoms with van der Waals surface area (Å²) in [5, 5.41) is 2.96. The SMILES string of the molecule is CCc1cccc(NC(=O)c2cc(C)ccc2C)c1. The molecule has 2 heteroatoms. The van der Waals surface area contributed by atoms with Gasteiger partial charge in [0.2, 0.25) is 0 Å². The zero-order valence-corrected chi connectivity index (χ0v) is 11.7. The first-order valence-corrected chi connectivity index (χ1v) is 6.57. The minimum Gasteiger partial charge on any atom is -0.322 e. The van der Waals surface area contributed by atoms with Crippen molar-refractivity contribution in [2.75, 3.05) is 5.32 Å². The van der Waals surface area contributed by atoms with Gasteiger partial charge >= 0.3 is 0 Å². The van der Waals surface area contributed by atoms with Gasteiger partial charge in [0, 0.05) is 11.3 Å².